The van der Waals surface area contributed by atoms with Crippen LogP contribution in [0.3, 0.4) is 0 Å². The van der Waals surface area contributed by atoms with Crippen molar-refractivity contribution in [3.05, 3.63) is 52.2 Å². The lowest BCUT2D eigenvalue weighted by Crippen LogP contribution is -2.16. The third-order valence-electron chi connectivity index (χ3n) is 2.67. The Labute approximate surface area is 106 Å². The van der Waals surface area contributed by atoms with E-state index >= 15 is 0 Å². The molecular formula is C14H17NOS. The van der Waals surface area contributed by atoms with E-state index in [9.17, 15) is 0 Å². The summed E-state index contributed by atoms with van der Waals surface area (Å²) in [5.41, 5.74) is 2.53. The molecule has 0 bridgehead atoms. The second kappa shape index (κ2) is 5.84. The number of thiophene rings is 1. The van der Waals surface area contributed by atoms with Crippen LogP contribution >= 0.6 is 11.3 Å². The number of nitrogens with one attached hydrogen (secondary N) is 1. The van der Waals surface area contributed by atoms with E-state index in [1.54, 1.807) is 11.3 Å². The molecule has 0 saturated carbocycles. The molecule has 0 saturated heterocycles. The topological polar surface area (TPSA) is 21.3 Å². The van der Waals surface area contributed by atoms with Crippen LogP contribution in [0.25, 0.3) is 0 Å². The molecule has 1 heterocycles. The molecule has 0 amide bonds. The Hall–Kier alpha value is -1.32. The number of benzene rings is 1. The quantitative estimate of drug-likeness (QED) is 0.873. The van der Waals surface area contributed by atoms with Crippen molar-refractivity contribution in [2.75, 3.05) is 13.7 Å². The predicted octanol–water partition coefficient (Wildman–Crippen LogP) is 3.46. The maximum Gasteiger partial charge on any atom is 0.119 e. The van der Waals surface area contributed by atoms with Crippen molar-refractivity contribution >= 4 is 11.3 Å². The van der Waals surface area contributed by atoms with E-state index in [4.69, 9.17) is 4.74 Å². The van der Waals surface area contributed by atoms with Gasteiger partial charge in [-0.2, -0.15) is 11.3 Å². The van der Waals surface area contributed by atoms with Gasteiger partial charge in [-0.05, 0) is 54.1 Å². The van der Waals surface area contributed by atoms with E-state index in [2.05, 4.69) is 34.3 Å². The molecule has 0 fully saturated rings. The van der Waals surface area contributed by atoms with Crippen molar-refractivity contribution in [3.63, 3.8) is 0 Å². The van der Waals surface area contributed by atoms with E-state index in [0.717, 1.165) is 5.75 Å². The summed E-state index contributed by atoms with van der Waals surface area (Å²) >= 11 is 1.72. The molecule has 1 atom stereocenters. The summed E-state index contributed by atoms with van der Waals surface area (Å²) in [6.45, 7) is 2.70. The second-order valence-electron chi connectivity index (χ2n) is 3.78. The number of ether oxygens (including phenoxy) is 1. The van der Waals surface area contributed by atoms with Crippen molar-refractivity contribution in [2.45, 2.75) is 13.0 Å². The molecular weight excluding hydrogens is 230 g/mol. The SMILES string of the molecule is CCOc1cccc(C(NC)c2ccsc2)c1. The first kappa shape index (κ1) is 12.1. The van der Waals surface area contributed by atoms with Gasteiger partial charge in [-0.15, -0.1) is 0 Å². The van der Waals surface area contributed by atoms with Crippen molar-refractivity contribution in [3.8, 4) is 5.75 Å². The molecule has 1 aromatic heterocycles. The summed E-state index contributed by atoms with van der Waals surface area (Å²) in [6, 6.07) is 10.6. The molecule has 3 heteroatoms. The minimum Gasteiger partial charge on any atom is -0.494 e. The van der Waals surface area contributed by atoms with E-state index in [1.165, 1.54) is 11.1 Å². The summed E-state index contributed by atoms with van der Waals surface area (Å²) < 4.78 is 5.53. The van der Waals surface area contributed by atoms with Gasteiger partial charge in [0.1, 0.15) is 5.75 Å². The molecule has 17 heavy (non-hydrogen) atoms. The van der Waals surface area contributed by atoms with Crippen LogP contribution in [0.2, 0.25) is 0 Å². The molecule has 2 aromatic rings. The smallest absolute Gasteiger partial charge is 0.119 e. The Bertz CT molecular complexity index is 453. The normalized spacial score (nSPS) is 12.4. The maximum absolute atomic E-state index is 5.53. The van der Waals surface area contributed by atoms with E-state index < -0.39 is 0 Å². The highest BCUT2D eigenvalue weighted by Crippen LogP contribution is 2.26. The van der Waals surface area contributed by atoms with Gasteiger partial charge in [0.25, 0.3) is 0 Å². The fourth-order valence-electron chi connectivity index (χ4n) is 1.92. The van der Waals surface area contributed by atoms with E-state index in [-0.39, 0.29) is 6.04 Å². The van der Waals surface area contributed by atoms with Crippen LogP contribution in [-0.2, 0) is 0 Å². The van der Waals surface area contributed by atoms with Crippen LogP contribution < -0.4 is 10.1 Å². The third kappa shape index (κ3) is 2.87. The minimum atomic E-state index is 0.238. The van der Waals surface area contributed by atoms with Gasteiger partial charge in [0, 0.05) is 0 Å². The molecule has 0 aliphatic rings. The van der Waals surface area contributed by atoms with E-state index in [1.807, 2.05) is 26.1 Å². The largest absolute Gasteiger partial charge is 0.494 e. The zero-order valence-electron chi connectivity index (χ0n) is 10.1. The molecule has 0 aliphatic carbocycles. The Morgan fingerprint density at radius 3 is 2.82 bits per heavy atom. The first-order valence-corrected chi connectivity index (χ1v) is 6.71. The number of hydrogen-bond donors (Lipinski definition) is 1. The fourth-order valence-corrected chi connectivity index (χ4v) is 2.60. The molecule has 0 radical (unpaired) electrons. The Morgan fingerprint density at radius 2 is 2.18 bits per heavy atom. The Balaban J connectivity index is 2.28. The highest BCUT2D eigenvalue weighted by Gasteiger charge is 2.12. The molecule has 1 aromatic carbocycles. The summed E-state index contributed by atoms with van der Waals surface area (Å²) in [7, 11) is 1.98. The van der Waals surface area contributed by atoms with Gasteiger partial charge in [0.05, 0.1) is 12.6 Å². The summed E-state index contributed by atoms with van der Waals surface area (Å²) in [4.78, 5) is 0. The first-order valence-electron chi connectivity index (χ1n) is 5.77. The lowest BCUT2D eigenvalue weighted by atomic mass is 10.0. The van der Waals surface area contributed by atoms with Crippen LogP contribution in [0.4, 0.5) is 0 Å². The van der Waals surface area contributed by atoms with Gasteiger partial charge in [-0.1, -0.05) is 12.1 Å². The first-order chi connectivity index (χ1) is 8.35. The lowest BCUT2D eigenvalue weighted by Gasteiger charge is -2.16. The fraction of sp³-hybridized carbons (Fsp3) is 0.286. The van der Waals surface area contributed by atoms with Crippen molar-refractivity contribution in [2.24, 2.45) is 0 Å². The number of hydrogen-bond acceptors (Lipinski definition) is 3. The zero-order chi connectivity index (χ0) is 12.1. The standard InChI is InChI=1S/C14H17NOS/c1-3-16-13-6-4-5-11(9-13)14(15-2)12-7-8-17-10-12/h4-10,14-15H,3H2,1-2H3. The van der Waals surface area contributed by atoms with Crippen LogP contribution in [-0.4, -0.2) is 13.7 Å². The molecule has 0 aliphatic heterocycles. The monoisotopic (exact) mass is 247 g/mol. The van der Waals surface area contributed by atoms with Gasteiger partial charge in [0.2, 0.25) is 0 Å². The van der Waals surface area contributed by atoms with Gasteiger partial charge < -0.3 is 10.1 Å². The van der Waals surface area contributed by atoms with Gasteiger partial charge in [-0.25, -0.2) is 0 Å². The maximum atomic E-state index is 5.53. The number of rotatable bonds is 5. The van der Waals surface area contributed by atoms with Crippen LogP contribution in [0.1, 0.15) is 24.1 Å². The molecule has 1 unspecified atom stereocenters. The van der Waals surface area contributed by atoms with Gasteiger partial charge in [0.15, 0.2) is 0 Å². The Morgan fingerprint density at radius 1 is 1.29 bits per heavy atom. The second-order valence-corrected chi connectivity index (χ2v) is 4.56. The molecule has 0 spiro atoms. The summed E-state index contributed by atoms with van der Waals surface area (Å²) in [6.07, 6.45) is 0. The van der Waals surface area contributed by atoms with Gasteiger partial charge in [-0.3, -0.25) is 0 Å². The zero-order valence-corrected chi connectivity index (χ0v) is 11.0. The Kier molecular flexibility index (Phi) is 4.18. The minimum absolute atomic E-state index is 0.238. The lowest BCUT2D eigenvalue weighted by molar-refractivity contribution is 0.339. The van der Waals surface area contributed by atoms with Crippen molar-refractivity contribution in [1.29, 1.82) is 0 Å². The van der Waals surface area contributed by atoms with E-state index in [0.29, 0.717) is 6.61 Å². The average molecular weight is 247 g/mol. The molecule has 90 valence electrons. The van der Waals surface area contributed by atoms with Crippen molar-refractivity contribution in [1.82, 2.24) is 5.32 Å². The summed E-state index contributed by atoms with van der Waals surface area (Å²) in [5, 5.41) is 7.62. The third-order valence-corrected chi connectivity index (χ3v) is 3.37. The molecule has 2 nitrogen and oxygen atoms in total. The van der Waals surface area contributed by atoms with Crippen LogP contribution in [0.5, 0.6) is 5.75 Å². The highest BCUT2D eigenvalue weighted by molar-refractivity contribution is 7.08. The van der Waals surface area contributed by atoms with Gasteiger partial charge >= 0.3 is 0 Å². The molecule has 2 rings (SSSR count). The average Bonchev–Trinajstić information content (AvgIpc) is 2.85. The summed E-state index contributed by atoms with van der Waals surface area (Å²) in [5.74, 6) is 0.931. The predicted molar refractivity (Wildman–Crippen MR) is 72.8 cm³/mol. The van der Waals surface area contributed by atoms with Crippen LogP contribution in [0.15, 0.2) is 41.1 Å². The molecule has 1 N–H and O–H groups in total. The van der Waals surface area contributed by atoms with Crippen molar-refractivity contribution < 1.29 is 4.74 Å². The highest BCUT2D eigenvalue weighted by atomic mass is 32.1. The van der Waals surface area contributed by atoms with Crippen LogP contribution in [0, 0.1) is 0 Å².